The molecular weight excluding hydrogens is 305 g/mol. The number of nitrogens with zero attached hydrogens (tertiary/aromatic N) is 1. The molecule has 2 aromatic rings. The van der Waals surface area contributed by atoms with E-state index in [1.165, 1.54) is 12.1 Å². The van der Waals surface area contributed by atoms with Gasteiger partial charge in [-0.15, -0.1) is 0 Å². The fraction of sp³-hybridized carbons (Fsp3) is 0.154. The van der Waals surface area contributed by atoms with Crippen LogP contribution in [0, 0.1) is 5.82 Å². The molecule has 0 fully saturated rings. The van der Waals surface area contributed by atoms with E-state index in [1.807, 2.05) is 12.1 Å². The summed E-state index contributed by atoms with van der Waals surface area (Å²) in [7, 11) is 0. The first-order valence-corrected chi connectivity index (χ1v) is 6.44. The number of rotatable bonds is 3. The number of benzene rings is 1. The van der Waals surface area contributed by atoms with E-state index in [-0.39, 0.29) is 10.6 Å². The summed E-state index contributed by atoms with van der Waals surface area (Å²) in [5, 5.41) is 0.445. The molecule has 0 saturated carbocycles. The van der Waals surface area contributed by atoms with E-state index in [0.29, 0.717) is 5.02 Å². The summed E-state index contributed by atoms with van der Waals surface area (Å²) in [5.41, 5.74) is 2.05. The standard InChI is InChI=1S/C13H10BrClFN/c14-12(7-9-3-5-17-6-4-9)11-2-1-10(16)8-13(11)15/h1-6,8,12H,7H2. The van der Waals surface area contributed by atoms with Crippen LogP contribution in [0.25, 0.3) is 0 Å². The lowest BCUT2D eigenvalue weighted by Gasteiger charge is -2.12. The molecule has 1 atom stereocenters. The zero-order chi connectivity index (χ0) is 12.3. The Labute approximate surface area is 113 Å². The monoisotopic (exact) mass is 313 g/mol. The van der Waals surface area contributed by atoms with E-state index in [2.05, 4.69) is 20.9 Å². The van der Waals surface area contributed by atoms with Crippen molar-refractivity contribution < 1.29 is 4.39 Å². The average Bonchev–Trinajstić information content (AvgIpc) is 2.30. The highest BCUT2D eigenvalue weighted by Crippen LogP contribution is 2.32. The maximum Gasteiger partial charge on any atom is 0.124 e. The van der Waals surface area contributed by atoms with Gasteiger partial charge in [-0.05, 0) is 41.8 Å². The smallest absolute Gasteiger partial charge is 0.124 e. The Bertz CT molecular complexity index is 504. The van der Waals surface area contributed by atoms with Crippen molar-refractivity contribution in [2.75, 3.05) is 0 Å². The van der Waals surface area contributed by atoms with Crippen LogP contribution in [0.5, 0.6) is 0 Å². The molecule has 0 aliphatic carbocycles. The van der Waals surface area contributed by atoms with Crippen LogP contribution in [0.2, 0.25) is 5.02 Å². The maximum atomic E-state index is 12.9. The summed E-state index contributed by atoms with van der Waals surface area (Å²) in [6.45, 7) is 0. The Morgan fingerprint density at radius 3 is 2.59 bits per heavy atom. The molecule has 0 amide bonds. The molecule has 1 aromatic heterocycles. The molecule has 0 N–H and O–H groups in total. The lowest BCUT2D eigenvalue weighted by atomic mass is 10.1. The zero-order valence-corrected chi connectivity index (χ0v) is 11.2. The quantitative estimate of drug-likeness (QED) is 0.757. The Balaban J connectivity index is 2.17. The lowest BCUT2D eigenvalue weighted by molar-refractivity contribution is 0.627. The molecule has 2 rings (SSSR count). The Morgan fingerprint density at radius 2 is 1.94 bits per heavy atom. The van der Waals surface area contributed by atoms with Crippen molar-refractivity contribution >= 4 is 27.5 Å². The molecule has 1 aromatic carbocycles. The van der Waals surface area contributed by atoms with Gasteiger partial charge >= 0.3 is 0 Å². The highest BCUT2D eigenvalue weighted by Gasteiger charge is 2.12. The summed E-state index contributed by atoms with van der Waals surface area (Å²) in [4.78, 5) is 4.03. The molecule has 0 spiro atoms. The SMILES string of the molecule is Fc1ccc(C(Br)Cc2ccncc2)c(Cl)c1. The minimum atomic E-state index is -0.317. The Hall–Kier alpha value is -0.930. The van der Waals surface area contributed by atoms with E-state index in [4.69, 9.17) is 11.6 Å². The second kappa shape index (κ2) is 5.61. The first kappa shape index (κ1) is 12.5. The molecule has 1 unspecified atom stereocenters. The first-order chi connectivity index (χ1) is 8.16. The number of halogens is 3. The van der Waals surface area contributed by atoms with Gasteiger partial charge in [-0.2, -0.15) is 0 Å². The van der Waals surface area contributed by atoms with Crippen LogP contribution in [-0.4, -0.2) is 4.98 Å². The van der Waals surface area contributed by atoms with Crippen molar-refractivity contribution in [2.45, 2.75) is 11.2 Å². The molecule has 0 radical (unpaired) electrons. The second-order valence-corrected chi connectivity index (χ2v) is 5.21. The molecule has 0 aliphatic rings. The van der Waals surface area contributed by atoms with Crippen LogP contribution in [0.15, 0.2) is 42.7 Å². The average molecular weight is 315 g/mol. The molecule has 4 heteroatoms. The number of hydrogen-bond donors (Lipinski definition) is 0. The van der Waals surface area contributed by atoms with Gasteiger partial charge in [-0.1, -0.05) is 33.6 Å². The summed E-state index contributed by atoms with van der Waals surface area (Å²) >= 11 is 9.58. The van der Waals surface area contributed by atoms with Gasteiger partial charge in [-0.3, -0.25) is 4.98 Å². The van der Waals surface area contributed by atoms with Crippen LogP contribution in [0.3, 0.4) is 0 Å². The summed E-state index contributed by atoms with van der Waals surface area (Å²) in [5.74, 6) is -0.317. The van der Waals surface area contributed by atoms with Crippen LogP contribution in [0.1, 0.15) is 16.0 Å². The molecule has 0 bridgehead atoms. The second-order valence-electron chi connectivity index (χ2n) is 3.69. The number of aromatic nitrogens is 1. The van der Waals surface area contributed by atoms with E-state index < -0.39 is 0 Å². The Morgan fingerprint density at radius 1 is 1.24 bits per heavy atom. The summed E-state index contributed by atoms with van der Waals surface area (Å²) < 4.78 is 12.9. The minimum absolute atomic E-state index is 0.0676. The summed E-state index contributed by atoms with van der Waals surface area (Å²) in [6.07, 6.45) is 4.29. The molecule has 0 saturated heterocycles. The first-order valence-electron chi connectivity index (χ1n) is 5.15. The highest BCUT2D eigenvalue weighted by molar-refractivity contribution is 9.09. The van der Waals surface area contributed by atoms with Crippen molar-refractivity contribution in [3.63, 3.8) is 0 Å². The molecule has 17 heavy (non-hydrogen) atoms. The normalized spacial score (nSPS) is 12.4. The zero-order valence-electron chi connectivity index (χ0n) is 8.91. The van der Waals surface area contributed by atoms with Crippen molar-refractivity contribution in [1.82, 2.24) is 4.98 Å². The van der Waals surface area contributed by atoms with Gasteiger partial charge in [-0.25, -0.2) is 4.39 Å². The third-order valence-electron chi connectivity index (χ3n) is 2.46. The maximum absolute atomic E-state index is 12.9. The van der Waals surface area contributed by atoms with Crippen molar-refractivity contribution in [1.29, 1.82) is 0 Å². The van der Waals surface area contributed by atoms with E-state index in [1.54, 1.807) is 18.5 Å². The van der Waals surface area contributed by atoms with E-state index in [0.717, 1.165) is 17.5 Å². The van der Waals surface area contributed by atoms with E-state index in [9.17, 15) is 4.39 Å². The van der Waals surface area contributed by atoms with Crippen LogP contribution >= 0.6 is 27.5 Å². The largest absolute Gasteiger partial charge is 0.265 e. The van der Waals surface area contributed by atoms with Gasteiger partial charge in [0.25, 0.3) is 0 Å². The highest BCUT2D eigenvalue weighted by atomic mass is 79.9. The number of alkyl halides is 1. The lowest BCUT2D eigenvalue weighted by Crippen LogP contribution is -1.97. The van der Waals surface area contributed by atoms with Gasteiger partial charge < -0.3 is 0 Å². The van der Waals surface area contributed by atoms with Gasteiger partial charge in [0, 0.05) is 22.2 Å². The number of hydrogen-bond acceptors (Lipinski definition) is 1. The third kappa shape index (κ3) is 3.27. The molecule has 88 valence electrons. The van der Waals surface area contributed by atoms with Gasteiger partial charge in [0.2, 0.25) is 0 Å². The molecule has 1 nitrogen and oxygen atoms in total. The minimum Gasteiger partial charge on any atom is -0.265 e. The predicted octanol–water partition coefficient (Wildman–Crippen LogP) is 4.55. The fourth-order valence-corrected chi connectivity index (χ4v) is 2.80. The van der Waals surface area contributed by atoms with Crippen LogP contribution < -0.4 is 0 Å². The van der Waals surface area contributed by atoms with Crippen molar-refractivity contribution in [3.05, 3.63) is 64.7 Å². The van der Waals surface area contributed by atoms with Gasteiger partial charge in [0.05, 0.1) is 0 Å². The molecule has 0 aliphatic heterocycles. The fourth-order valence-electron chi connectivity index (χ4n) is 1.59. The van der Waals surface area contributed by atoms with Gasteiger partial charge in [0.1, 0.15) is 5.82 Å². The summed E-state index contributed by atoms with van der Waals surface area (Å²) in [6, 6.07) is 8.36. The third-order valence-corrected chi connectivity index (χ3v) is 3.61. The van der Waals surface area contributed by atoms with Crippen molar-refractivity contribution in [3.8, 4) is 0 Å². The van der Waals surface area contributed by atoms with E-state index >= 15 is 0 Å². The molecule has 1 heterocycles. The van der Waals surface area contributed by atoms with Gasteiger partial charge in [0.15, 0.2) is 0 Å². The van der Waals surface area contributed by atoms with Crippen LogP contribution in [0.4, 0.5) is 4.39 Å². The predicted molar refractivity (Wildman–Crippen MR) is 71.0 cm³/mol. The van der Waals surface area contributed by atoms with Crippen molar-refractivity contribution in [2.24, 2.45) is 0 Å². The topological polar surface area (TPSA) is 12.9 Å². The number of pyridine rings is 1. The van der Waals surface area contributed by atoms with Crippen LogP contribution in [-0.2, 0) is 6.42 Å². The Kier molecular flexibility index (Phi) is 4.13. The molecular formula is C13H10BrClFN.